The molecule has 1 atom stereocenters. The van der Waals surface area contributed by atoms with Crippen molar-refractivity contribution in [3.05, 3.63) is 71.8 Å². The number of alkyl halides is 1. The van der Waals surface area contributed by atoms with Crippen LogP contribution >= 0.6 is 11.6 Å². The van der Waals surface area contributed by atoms with Crippen LogP contribution in [0.15, 0.2) is 60.7 Å². The monoisotopic (exact) mass is 358 g/mol. The van der Waals surface area contributed by atoms with E-state index in [-0.39, 0.29) is 22.8 Å². The summed E-state index contributed by atoms with van der Waals surface area (Å²) in [5.41, 5.74) is 6.83. The zero-order valence-electron chi connectivity index (χ0n) is 14.7. The summed E-state index contributed by atoms with van der Waals surface area (Å²) < 4.78 is 0.119. The molecule has 1 aliphatic rings. The van der Waals surface area contributed by atoms with Gasteiger partial charge in [-0.1, -0.05) is 60.7 Å². The van der Waals surface area contributed by atoms with Gasteiger partial charge in [-0.25, -0.2) is 14.6 Å². The van der Waals surface area contributed by atoms with Crippen LogP contribution < -0.4 is 11.1 Å². The lowest BCUT2D eigenvalue weighted by molar-refractivity contribution is -0.875. The minimum absolute atomic E-state index is 0.109. The molecule has 2 aromatic rings. The number of rotatable bonds is 4. The molecule has 0 saturated carbocycles. The molecule has 0 spiro atoms. The second-order valence-electron chi connectivity index (χ2n) is 7.16. The van der Waals surface area contributed by atoms with Crippen LogP contribution in [0.3, 0.4) is 0 Å². The standard InChI is InChI=1S/C20H25ClN3O/c1-24(2)18(25)13-20(16-9-5-3-6-10-16,17-11-7-4-8-12-17)23-19(24,14-21)15-22/h3-12,23H,13-15,22H2,1-2H3/q+1. The van der Waals surface area contributed by atoms with Crippen LogP contribution in [-0.4, -0.2) is 42.6 Å². The molecule has 0 aromatic heterocycles. The number of carbonyl (C=O) groups excluding carboxylic acids is 1. The number of likely N-dealkylation sites (N-methyl/N-ethyl adjacent to an activating group) is 1. The van der Waals surface area contributed by atoms with Gasteiger partial charge >= 0.3 is 5.91 Å². The normalized spacial score (nSPS) is 24.9. The van der Waals surface area contributed by atoms with Crippen molar-refractivity contribution in [3.63, 3.8) is 0 Å². The zero-order chi connectivity index (χ0) is 18.1. The highest BCUT2D eigenvalue weighted by molar-refractivity contribution is 6.18. The van der Waals surface area contributed by atoms with Gasteiger partial charge in [-0.2, -0.15) is 0 Å². The van der Waals surface area contributed by atoms with Crippen molar-refractivity contribution in [3.8, 4) is 0 Å². The maximum atomic E-state index is 13.2. The fourth-order valence-corrected chi connectivity index (χ4v) is 4.20. The average molecular weight is 359 g/mol. The number of hydrogen-bond acceptors (Lipinski definition) is 3. The van der Waals surface area contributed by atoms with Gasteiger partial charge in [0.15, 0.2) is 5.66 Å². The lowest BCUT2D eigenvalue weighted by Crippen LogP contribution is -2.81. The van der Waals surface area contributed by atoms with Crippen molar-refractivity contribution < 1.29 is 9.28 Å². The third-order valence-corrected chi connectivity index (χ3v) is 6.09. The fraction of sp³-hybridized carbons (Fsp3) is 0.350. The summed E-state index contributed by atoms with van der Waals surface area (Å²) in [6, 6.07) is 20.1. The summed E-state index contributed by atoms with van der Waals surface area (Å²) in [4.78, 5) is 13.2. The number of nitrogens with one attached hydrogen (secondary N) is 1. The van der Waals surface area contributed by atoms with E-state index >= 15 is 0 Å². The van der Waals surface area contributed by atoms with E-state index in [0.717, 1.165) is 11.1 Å². The number of nitrogens with zero attached hydrogens (tertiary/aromatic N) is 1. The van der Waals surface area contributed by atoms with E-state index in [1.54, 1.807) is 0 Å². The topological polar surface area (TPSA) is 55.1 Å². The maximum Gasteiger partial charge on any atom is 0.317 e. The predicted molar refractivity (Wildman–Crippen MR) is 101 cm³/mol. The van der Waals surface area contributed by atoms with Gasteiger partial charge in [-0.3, -0.25) is 0 Å². The average Bonchev–Trinajstić information content (AvgIpc) is 2.65. The van der Waals surface area contributed by atoms with E-state index in [1.165, 1.54) is 0 Å². The molecule has 4 nitrogen and oxygen atoms in total. The van der Waals surface area contributed by atoms with Gasteiger partial charge in [-0.15, -0.1) is 11.6 Å². The lowest BCUT2D eigenvalue weighted by Gasteiger charge is -2.55. The summed E-state index contributed by atoms with van der Waals surface area (Å²) in [6.07, 6.45) is 0.340. The Labute approximate surface area is 154 Å². The summed E-state index contributed by atoms with van der Waals surface area (Å²) in [5.74, 6) is 0.349. The molecule has 1 heterocycles. The first kappa shape index (κ1) is 18.1. The fourth-order valence-electron chi connectivity index (χ4n) is 3.72. The van der Waals surface area contributed by atoms with Gasteiger partial charge in [0.2, 0.25) is 0 Å². The molecule has 1 saturated heterocycles. The third kappa shape index (κ3) is 2.70. The number of quaternary nitrogens is 1. The molecule has 3 N–H and O–H groups in total. The molecule has 25 heavy (non-hydrogen) atoms. The molecule has 0 bridgehead atoms. The van der Waals surface area contributed by atoms with Crippen LogP contribution in [0.5, 0.6) is 0 Å². The first-order valence-corrected chi connectivity index (χ1v) is 8.99. The zero-order valence-corrected chi connectivity index (χ0v) is 15.5. The first-order valence-electron chi connectivity index (χ1n) is 8.46. The van der Waals surface area contributed by atoms with Crippen molar-refractivity contribution in [2.45, 2.75) is 17.6 Å². The largest absolute Gasteiger partial charge is 0.324 e. The molecule has 1 amide bonds. The molecule has 3 rings (SSSR count). The highest BCUT2D eigenvalue weighted by atomic mass is 35.5. The molecular weight excluding hydrogens is 334 g/mol. The first-order chi connectivity index (χ1) is 11.9. The van der Waals surface area contributed by atoms with Crippen molar-refractivity contribution in [1.29, 1.82) is 0 Å². The van der Waals surface area contributed by atoms with Crippen molar-refractivity contribution in [2.75, 3.05) is 26.5 Å². The molecule has 132 valence electrons. The number of carbonyl (C=O) groups is 1. The molecular formula is C20H25ClN3O+. The number of benzene rings is 2. The smallest absolute Gasteiger partial charge is 0.317 e. The Balaban J connectivity index is 2.25. The number of nitrogens with two attached hydrogens (primary N) is 1. The van der Waals surface area contributed by atoms with Crippen molar-refractivity contribution in [2.24, 2.45) is 5.73 Å². The summed E-state index contributed by atoms with van der Waals surface area (Å²) in [5, 5.41) is 3.73. The molecule has 2 aromatic carbocycles. The van der Waals surface area contributed by atoms with Crippen molar-refractivity contribution >= 4 is 17.5 Å². The van der Waals surface area contributed by atoms with E-state index in [9.17, 15) is 4.79 Å². The Morgan fingerprint density at radius 2 is 1.52 bits per heavy atom. The van der Waals surface area contributed by atoms with E-state index < -0.39 is 11.2 Å². The Morgan fingerprint density at radius 3 is 1.92 bits per heavy atom. The molecule has 1 unspecified atom stereocenters. The Kier molecular flexibility index (Phi) is 4.73. The van der Waals surface area contributed by atoms with Gasteiger partial charge in [0.05, 0.1) is 38.5 Å². The third-order valence-electron chi connectivity index (χ3n) is 5.65. The minimum atomic E-state index is -0.747. The van der Waals surface area contributed by atoms with Gasteiger partial charge in [0.1, 0.15) is 0 Å². The van der Waals surface area contributed by atoms with E-state index in [1.807, 2.05) is 74.8 Å². The summed E-state index contributed by atoms with van der Waals surface area (Å²) >= 11 is 6.38. The van der Waals surface area contributed by atoms with E-state index in [4.69, 9.17) is 17.3 Å². The molecule has 5 heteroatoms. The van der Waals surface area contributed by atoms with Crippen LogP contribution in [0.4, 0.5) is 0 Å². The summed E-state index contributed by atoms with van der Waals surface area (Å²) in [7, 11) is 3.76. The second-order valence-corrected chi connectivity index (χ2v) is 7.42. The molecule has 0 radical (unpaired) electrons. The van der Waals surface area contributed by atoms with Gasteiger partial charge in [0, 0.05) is 0 Å². The van der Waals surface area contributed by atoms with Crippen LogP contribution in [0.25, 0.3) is 0 Å². The van der Waals surface area contributed by atoms with Crippen LogP contribution in [0.2, 0.25) is 0 Å². The van der Waals surface area contributed by atoms with Crippen LogP contribution in [0.1, 0.15) is 17.5 Å². The second kappa shape index (κ2) is 6.54. The molecule has 0 aliphatic carbocycles. The maximum absolute atomic E-state index is 13.2. The Hall–Kier alpha value is -1.72. The number of halogens is 1. The van der Waals surface area contributed by atoms with E-state index in [2.05, 4.69) is 5.32 Å². The van der Waals surface area contributed by atoms with Gasteiger partial charge in [0.25, 0.3) is 0 Å². The van der Waals surface area contributed by atoms with Crippen molar-refractivity contribution in [1.82, 2.24) is 5.32 Å². The Bertz CT molecular complexity index is 703. The molecule has 1 aliphatic heterocycles. The molecule has 1 fully saturated rings. The summed E-state index contributed by atoms with van der Waals surface area (Å²) in [6.45, 7) is 0.261. The highest BCUT2D eigenvalue weighted by Crippen LogP contribution is 2.42. The minimum Gasteiger partial charge on any atom is -0.324 e. The number of hydrogen-bond donors (Lipinski definition) is 2. The van der Waals surface area contributed by atoms with Gasteiger partial charge < -0.3 is 5.73 Å². The predicted octanol–water partition coefficient (Wildman–Crippen LogP) is 2.42. The van der Waals surface area contributed by atoms with E-state index in [0.29, 0.717) is 6.42 Å². The van der Waals surface area contributed by atoms with Crippen LogP contribution in [0, 0.1) is 0 Å². The quantitative estimate of drug-likeness (QED) is 0.652. The highest BCUT2D eigenvalue weighted by Gasteiger charge is 2.60. The van der Waals surface area contributed by atoms with Gasteiger partial charge in [-0.05, 0) is 11.1 Å². The SMILES string of the molecule is C[N+]1(C)C(=O)CC(c2ccccc2)(c2ccccc2)NC1(CN)CCl. The number of amides is 1. The lowest BCUT2D eigenvalue weighted by atomic mass is 9.75. The Morgan fingerprint density at radius 1 is 1.04 bits per heavy atom. The van der Waals surface area contributed by atoms with Crippen LogP contribution in [-0.2, 0) is 10.3 Å².